The van der Waals surface area contributed by atoms with Crippen molar-refractivity contribution in [3.05, 3.63) is 35.9 Å². The first-order valence-corrected chi connectivity index (χ1v) is 6.77. The number of nitrogens with zero attached hydrogens (tertiary/aromatic N) is 1. The van der Waals surface area contributed by atoms with Gasteiger partial charge in [-0.1, -0.05) is 30.3 Å². The molecule has 3 aliphatic heterocycles. The van der Waals surface area contributed by atoms with Crippen molar-refractivity contribution in [2.24, 2.45) is 5.92 Å². The molecule has 0 radical (unpaired) electrons. The molecule has 0 saturated carbocycles. The molecule has 94 valence electrons. The molecule has 18 heavy (non-hydrogen) atoms. The zero-order chi connectivity index (χ0) is 12.1. The SMILES string of the molecule is O=C1CC2OCC3CC1N(Cc1ccccc1)C32. The molecule has 3 saturated heterocycles. The van der Waals surface area contributed by atoms with E-state index < -0.39 is 0 Å². The minimum Gasteiger partial charge on any atom is -0.376 e. The molecule has 3 heteroatoms. The summed E-state index contributed by atoms with van der Waals surface area (Å²) in [5.41, 5.74) is 1.29. The number of carbonyl (C=O) groups is 1. The van der Waals surface area contributed by atoms with E-state index >= 15 is 0 Å². The average Bonchev–Trinajstić information content (AvgIpc) is 2.88. The van der Waals surface area contributed by atoms with Crippen molar-refractivity contribution in [1.29, 1.82) is 0 Å². The standard InChI is InChI=1S/C15H17NO2/c17-13-7-14-15-11(9-18-14)6-12(13)16(15)8-10-4-2-1-3-5-10/h1-5,11-12,14-15H,6-9H2. The van der Waals surface area contributed by atoms with Crippen LogP contribution in [-0.4, -0.2) is 35.5 Å². The van der Waals surface area contributed by atoms with Crippen LogP contribution in [0.5, 0.6) is 0 Å². The highest BCUT2D eigenvalue weighted by Crippen LogP contribution is 2.44. The van der Waals surface area contributed by atoms with Crippen LogP contribution in [0.3, 0.4) is 0 Å². The molecule has 3 nitrogen and oxygen atoms in total. The van der Waals surface area contributed by atoms with E-state index in [1.54, 1.807) is 0 Å². The first kappa shape index (κ1) is 10.7. The molecule has 0 spiro atoms. The molecular weight excluding hydrogens is 226 g/mol. The maximum Gasteiger partial charge on any atom is 0.152 e. The Balaban J connectivity index is 1.63. The number of ether oxygens (including phenoxy) is 1. The van der Waals surface area contributed by atoms with Gasteiger partial charge in [0, 0.05) is 24.9 Å². The second-order valence-corrected chi connectivity index (χ2v) is 5.70. The first-order valence-electron chi connectivity index (χ1n) is 6.77. The van der Waals surface area contributed by atoms with Crippen LogP contribution in [0.25, 0.3) is 0 Å². The van der Waals surface area contributed by atoms with E-state index in [2.05, 4.69) is 29.2 Å². The second kappa shape index (κ2) is 3.90. The number of rotatable bonds is 2. The van der Waals surface area contributed by atoms with Crippen LogP contribution in [-0.2, 0) is 16.1 Å². The van der Waals surface area contributed by atoms with Gasteiger partial charge < -0.3 is 4.74 Å². The van der Waals surface area contributed by atoms with Crippen LogP contribution in [0.2, 0.25) is 0 Å². The fraction of sp³-hybridized carbons (Fsp3) is 0.533. The van der Waals surface area contributed by atoms with Crippen LogP contribution in [0.4, 0.5) is 0 Å². The Morgan fingerprint density at radius 2 is 2.11 bits per heavy atom. The lowest BCUT2D eigenvalue weighted by Crippen LogP contribution is -2.51. The van der Waals surface area contributed by atoms with Crippen LogP contribution in [0.1, 0.15) is 18.4 Å². The lowest BCUT2D eigenvalue weighted by molar-refractivity contribution is -0.132. The van der Waals surface area contributed by atoms with Crippen molar-refractivity contribution in [2.75, 3.05) is 6.61 Å². The third kappa shape index (κ3) is 1.47. The number of ketones is 1. The first-order chi connectivity index (χ1) is 8.83. The monoisotopic (exact) mass is 243 g/mol. The highest BCUT2D eigenvalue weighted by molar-refractivity contribution is 5.86. The van der Waals surface area contributed by atoms with Crippen LogP contribution < -0.4 is 0 Å². The van der Waals surface area contributed by atoms with Gasteiger partial charge in [0.25, 0.3) is 0 Å². The Kier molecular flexibility index (Phi) is 2.32. The van der Waals surface area contributed by atoms with Crippen molar-refractivity contribution < 1.29 is 9.53 Å². The third-order valence-corrected chi connectivity index (χ3v) is 4.68. The molecule has 1 aromatic carbocycles. The van der Waals surface area contributed by atoms with Gasteiger partial charge in [-0.05, 0) is 12.0 Å². The van der Waals surface area contributed by atoms with E-state index in [0.29, 0.717) is 24.2 Å². The third-order valence-electron chi connectivity index (χ3n) is 4.68. The normalized spacial score (nSPS) is 38.3. The maximum atomic E-state index is 12.1. The summed E-state index contributed by atoms with van der Waals surface area (Å²) in [6.45, 7) is 1.74. The predicted molar refractivity (Wildman–Crippen MR) is 67.0 cm³/mol. The van der Waals surface area contributed by atoms with Gasteiger partial charge >= 0.3 is 0 Å². The summed E-state index contributed by atoms with van der Waals surface area (Å²) in [5.74, 6) is 0.963. The molecule has 3 heterocycles. The Morgan fingerprint density at radius 3 is 2.94 bits per heavy atom. The van der Waals surface area contributed by atoms with Crippen molar-refractivity contribution in [3.8, 4) is 0 Å². The van der Waals surface area contributed by atoms with Crippen LogP contribution in [0.15, 0.2) is 30.3 Å². The zero-order valence-corrected chi connectivity index (χ0v) is 10.3. The molecule has 0 aliphatic carbocycles. The van der Waals surface area contributed by atoms with Crippen molar-refractivity contribution in [2.45, 2.75) is 37.6 Å². The summed E-state index contributed by atoms with van der Waals surface area (Å²) in [6.07, 6.45) is 1.80. The lowest BCUT2D eigenvalue weighted by Gasteiger charge is -2.36. The van der Waals surface area contributed by atoms with E-state index in [0.717, 1.165) is 19.6 Å². The molecule has 3 aliphatic rings. The molecule has 2 bridgehead atoms. The van der Waals surface area contributed by atoms with Crippen molar-refractivity contribution in [3.63, 3.8) is 0 Å². The summed E-state index contributed by atoms with van der Waals surface area (Å²) in [7, 11) is 0. The summed E-state index contributed by atoms with van der Waals surface area (Å²) in [6, 6.07) is 11.1. The van der Waals surface area contributed by atoms with E-state index in [1.165, 1.54) is 5.56 Å². The van der Waals surface area contributed by atoms with Gasteiger partial charge in [-0.25, -0.2) is 0 Å². The van der Waals surface area contributed by atoms with Crippen molar-refractivity contribution >= 4 is 5.78 Å². The minimum absolute atomic E-state index is 0.153. The quantitative estimate of drug-likeness (QED) is 0.790. The predicted octanol–water partition coefficient (Wildman–Crippen LogP) is 1.62. The van der Waals surface area contributed by atoms with Gasteiger partial charge in [0.15, 0.2) is 5.78 Å². The number of fused-ring (bicyclic) bond motifs is 1. The Bertz CT molecular complexity index is 473. The molecule has 0 aromatic heterocycles. The van der Waals surface area contributed by atoms with Gasteiger partial charge in [-0.2, -0.15) is 0 Å². The largest absolute Gasteiger partial charge is 0.376 e. The Labute approximate surface area is 107 Å². The van der Waals surface area contributed by atoms with Gasteiger partial charge in [-0.3, -0.25) is 9.69 Å². The van der Waals surface area contributed by atoms with Gasteiger partial charge in [0.1, 0.15) is 0 Å². The highest BCUT2D eigenvalue weighted by Gasteiger charge is 2.55. The topological polar surface area (TPSA) is 29.5 Å². The number of benzene rings is 1. The molecule has 1 aromatic rings. The fourth-order valence-electron chi connectivity index (χ4n) is 3.91. The summed E-state index contributed by atoms with van der Waals surface area (Å²) < 4.78 is 5.78. The molecule has 3 fully saturated rings. The highest BCUT2D eigenvalue weighted by atomic mass is 16.5. The van der Waals surface area contributed by atoms with E-state index in [4.69, 9.17) is 4.74 Å². The van der Waals surface area contributed by atoms with Gasteiger partial charge in [0.2, 0.25) is 0 Å². The Morgan fingerprint density at radius 1 is 1.28 bits per heavy atom. The summed E-state index contributed by atoms with van der Waals surface area (Å²) in [5, 5.41) is 0. The smallest absolute Gasteiger partial charge is 0.152 e. The van der Waals surface area contributed by atoms with Crippen LogP contribution in [0, 0.1) is 5.92 Å². The molecule has 0 N–H and O–H groups in total. The molecule has 4 unspecified atom stereocenters. The molecule has 4 rings (SSSR count). The number of piperidine rings is 1. The molecular formula is C15H17NO2. The summed E-state index contributed by atoms with van der Waals surface area (Å²) >= 11 is 0. The minimum atomic E-state index is 0.153. The van der Waals surface area contributed by atoms with Gasteiger partial charge in [0.05, 0.1) is 18.8 Å². The van der Waals surface area contributed by atoms with E-state index in [1.807, 2.05) is 6.07 Å². The average molecular weight is 243 g/mol. The zero-order valence-electron chi connectivity index (χ0n) is 10.3. The maximum absolute atomic E-state index is 12.1. The number of hydrogen-bond donors (Lipinski definition) is 0. The molecule has 4 atom stereocenters. The second-order valence-electron chi connectivity index (χ2n) is 5.70. The summed E-state index contributed by atoms with van der Waals surface area (Å²) in [4.78, 5) is 14.5. The lowest BCUT2D eigenvalue weighted by atomic mass is 9.97. The number of hydrogen-bond acceptors (Lipinski definition) is 3. The fourth-order valence-corrected chi connectivity index (χ4v) is 3.91. The van der Waals surface area contributed by atoms with Crippen molar-refractivity contribution in [1.82, 2.24) is 4.90 Å². The van der Waals surface area contributed by atoms with E-state index in [-0.39, 0.29) is 12.1 Å². The number of carbonyl (C=O) groups excluding carboxylic acids is 1. The Hall–Kier alpha value is -1.19. The molecule has 0 amide bonds. The van der Waals surface area contributed by atoms with Gasteiger partial charge in [-0.15, -0.1) is 0 Å². The number of Topliss-reactive ketones (excluding diaryl/α,β-unsaturated/α-hetero) is 1. The van der Waals surface area contributed by atoms with Crippen LogP contribution >= 0.6 is 0 Å². The van der Waals surface area contributed by atoms with E-state index in [9.17, 15) is 4.79 Å².